The predicted octanol–water partition coefficient (Wildman–Crippen LogP) is 2.39. The van der Waals surface area contributed by atoms with Crippen LogP contribution < -0.4 is 10.5 Å². The van der Waals surface area contributed by atoms with Crippen molar-refractivity contribution < 1.29 is 9.13 Å². The molecule has 1 fully saturated rings. The summed E-state index contributed by atoms with van der Waals surface area (Å²) in [6.07, 6.45) is 2.85. The fraction of sp³-hybridized carbons (Fsp3) is 0.538. The predicted molar refractivity (Wildman–Crippen MR) is 62.3 cm³/mol. The van der Waals surface area contributed by atoms with Gasteiger partial charge in [0.05, 0.1) is 7.11 Å². The van der Waals surface area contributed by atoms with Crippen molar-refractivity contribution in [2.75, 3.05) is 13.7 Å². The van der Waals surface area contributed by atoms with Crippen LogP contribution in [0.2, 0.25) is 0 Å². The minimum atomic E-state index is -0.184. The number of nitrogens with two attached hydrogens (primary N) is 1. The van der Waals surface area contributed by atoms with Crippen LogP contribution in [0.5, 0.6) is 5.75 Å². The lowest BCUT2D eigenvalue weighted by Gasteiger charge is -2.18. The third kappa shape index (κ3) is 1.69. The summed E-state index contributed by atoms with van der Waals surface area (Å²) in [5, 5.41) is 0. The van der Waals surface area contributed by atoms with Gasteiger partial charge in [0.2, 0.25) is 0 Å². The molecule has 0 aliphatic heterocycles. The van der Waals surface area contributed by atoms with E-state index in [1.165, 1.54) is 6.07 Å². The normalized spacial score (nSPS) is 17.2. The summed E-state index contributed by atoms with van der Waals surface area (Å²) in [7, 11) is 1.58. The van der Waals surface area contributed by atoms with Crippen LogP contribution in [0.4, 0.5) is 4.39 Å². The molecule has 1 aromatic rings. The average molecular weight is 223 g/mol. The lowest BCUT2D eigenvalue weighted by atomic mass is 9.92. The van der Waals surface area contributed by atoms with E-state index in [0.717, 1.165) is 24.0 Å². The van der Waals surface area contributed by atoms with E-state index in [2.05, 4.69) is 0 Å². The van der Waals surface area contributed by atoms with Gasteiger partial charge in [-0.05, 0) is 30.9 Å². The molecular weight excluding hydrogens is 205 g/mol. The minimum absolute atomic E-state index is 0.0446. The smallest absolute Gasteiger partial charge is 0.130 e. The van der Waals surface area contributed by atoms with Gasteiger partial charge in [0.15, 0.2) is 0 Å². The van der Waals surface area contributed by atoms with E-state index in [1.54, 1.807) is 7.11 Å². The van der Waals surface area contributed by atoms with Crippen LogP contribution in [0.1, 0.15) is 30.9 Å². The molecule has 0 unspecified atom stereocenters. The van der Waals surface area contributed by atoms with Crippen molar-refractivity contribution in [1.82, 2.24) is 0 Å². The van der Waals surface area contributed by atoms with Crippen LogP contribution in [-0.2, 0) is 11.8 Å². The number of hydrogen-bond acceptors (Lipinski definition) is 2. The molecule has 1 aliphatic rings. The Morgan fingerprint density at radius 1 is 1.44 bits per heavy atom. The zero-order valence-corrected chi connectivity index (χ0v) is 9.85. The Morgan fingerprint density at radius 2 is 2.12 bits per heavy atom. The second-order valence-electron chi connectivity index (χ2n) is 4.48. The van der Waals surface area contributed by atoms with Crippen molar-refractivity contribution >= 4 is 0 Å². The van der Waals surface area contributed by atoms with Crippen LogP contribution in [0.15, 0.2) is 12.1 Å². The van der Waals surface area contributed by atoms with E-state index in [0.29, 0.717) is 18.7 Å². The summed E-state index contributed by atoms with van der Waals surface area (Å²) in [5.41, 5.74) is 7.67. The first-order valence-electron chi connectivity index (χ1n) is 5.74. The molecule has 16 heavy (non-hydrogen) atoms. The second kappa shape index (κ2) is 4.06. The van der Waals surface area contributed by atoms with Crippen molar-refractivity contribution in [2.24, 2.45) is 5.73 Å². The molecule has 0 saturated heterocycles. The first-order valence-corrected chi connectivity index (χ1v) is 5.74. The highest BCUT2D eigenvalue weighted by Crippen LogP contribution is 2.50. The van der Waals surface area contributed by atoms with Gasteiger partial charge in [-0.15, -0.1) is 0 Å². The third-order valence-electron chi connectivity index (χ3n) is 3.57. The molecule has 2 N–H and O–H groups in total. The highest BCUT2D eigenvalue weighted by atomic mass is 19.1. The van der Waals surface area contributed by atoms with Gasteiger partial charge in [-0.2, -0.15) is 0 Å². The molecule has 1 saturated carbocycles. The van der Waals surface area contributed by atoms with Gasteiger partial charge < -0.3 is 10.5 Å². The summed E-state index contributed by atoms with van der Waals surface area (Å²) in [6.45, 7) is 2.56. The van der Waals surface area contributed by atoms with Gasteiger partial charge in [0, 0.05) is 23.6 Å². The molecular formula is C13H18FNO. The molecule has 0 spiro atoms. The second-order valence-corrected chi connectivity index (χ2v) is 4.48. The Hall–Kier alpha value is -1.09. The molecule has 2 rings (SSSR count). The Bertz CT molecular complexity index is 399. The fourth-order valence-electron chi connectivity index (χ4n) is 2.19. The highest BCUT2D eigenvalue weighted by molar-refractivity contribution is 5.46. The number of rotatable bonds is 4. The Morgan fingerprint density at radius 3 is 2.56 bits per heavy atom. The van der Waals surface area contributed by atoms with Crippen LogP contribution in [-0.4, -0.2) is 13.7 Å². The molecule has 88 valence electrons. The van der Waals surface area contributed by atoms with Crippen LogP contribution in [0, 0.1) is 5.82 Å². The molecule has 0 aromatic heterocycles. The van der Waals surface area contributed by atoms with Crippen LogP contribution >= 0.6 is 0 Å². The quantitative estimate of drug-likeness (QED) is 0.850. The van der Waals surface area contributed by atoms with Crippen molar-refractivity contribution in [3.05, 3.63) is 29.1 Å². The van der Waals surface area contributed by atoms with E-state index in [-0.39, 0.29) is 11.2 Å². The summed E-state index contributed by atoms with van der Waals surface area (Å²) in [6, 6.07) is 3.41. The molecule has 0 heterocycles. The fourth-order valence-corrected chi connectivity index (χ4v) is 2.19. The Kier molecular flexibility index (Phi) is 2.89. The highest BCUT2D eigenvalue weighted by Gasteiger charge is 2.45. The minimum Gasteiger partial charge on any atom is -0.496 e. The maximum absolute atomic E-state index is 13.6. The van der Waals surface area contributed by atoms with Crippen molar-refractivity contribution in [2.45, 2.75) is 31.6 Å². The molecule has 0 radical (unpaired) electrons. The molecule has 1 aromatic carbocycles. The monoisotopic (exact) mass is 223 g/mol. The number of halogens is 1. The number of hydrogen-bond donors (Lipinski definition) is 1. The molecule has 0 amide bonds. The molecule has 0 atom stereocenters. The largest absolute Gasteiger partial charge is 0.496 e. The van der Waals surface area contributed by atoms with Crippen LogP contribution in [0.25, 0.3) is 0 Å². The summed E-state index contributed by atoms with van der Waals surface area (Å²) < 4.78 is 18.9. The van der Waals surface area contributed by atoms with Gasteiger partial charge in [-0.1, -0.05) is 6.92 Å². The zero-order chi connectivity index (χ0) is 11.8. The molecule has 1 aliphatic carbocycles. The van der Waals surface area contributed by atoms with Gasteiger partial charge in [-0.25, -0.2) is 4.39 Å². The van der Waals surface area contributed by atoms with Gasteiger partial charge in [-0.3, -0.25) is 0 Å². The number of ether oxygens (including phenoxy) is 1. The van der Waals surface area contributed by atoms with E-state index < -0.39 is 0 Å². The number of benzene rings is 1. The van der Waals surface area contributed by atoms with E-state index in [9.17, 15) is 4.39 Å². The van der Waals surface area contributed by atoms with Gasteiger partial charge in [0.25, 0.3) is 0 Å². The SMILES string of the molecule is CCc1cc(C2(CN)CC2)c(OC)cc1F. The topological polar surface area (TPSA) is 35.2 Å². The van der Waals surface area contributed by atoms with E-state index >= 15 is 0 Å². The van der Waals surface area contributed by atoms with Gasteiger partial charge >= 0.3 is 0 Å². The van der Waals surface area contributed by atoms with Gasteiger partial charge in [0.1, 0.15) is 11.6 Å². The van der Waals surface area contributed by atoms with Crippen LogP contribution in [0.3, 0.4) is 0 Å². The Balaban J connectivity index is 2.50. The lowest BCUT2D eigenvalue weighted by molar-refractivity contribution is 0.400. The summed E-state index contributed by atoms with van der Waals surface area (Å²) >= 11 is 0. The lowest BCUT2D eigenvalue weighted by Crippen LogP contribution is -2.21. The summed E-state index contributed by atoms with van der Waals surface area (Å²) in [4.78, 5) is 0. The maximum atomic E-state index is 13.6. The molecule has 3 heteroatoms. The number of methoxy groups -OCH3 is 1. The Labute approximate surface area is 95.6 Å². The standard InChI is InChI=1S/C13H18FNO/c1-3-9-6-10(13(8-15)4-5-13)12(16-2)7-11(9)14/h6-7H,3-5,8,15H2,1-2H3. The third-order valence-corrected chi connectivity index (χ3v) is 3.57. The average Bonchev–Trinajstić information content (AvgIpc) is 3.09. The van der Waals surface area contributed by atoms with E-state index in [1.807, 2.05) is 13.0 Å². The number of aryl methyl sites for hydroxylation is 1. The first kappa shape index (κ1) is 11.4. The zero-order valence-electron chi connectivity index (χ0n) is 9.85. The molecule has 2 nitrogen and oxygen atoms in total. The van der Waals surface area contributed by atoms with E-state index in [4.69, 9.17) is 10.5 Å². The first-order chi connectivity index (χ1) is 7.66. The van der Waals surface area contributed by atoms with Crippen molar-refractivity contribution in [3.63, 3.8) is 0 Å². The summed E-state index contributed by atoms with van der Waals surface area (Å²) in [5.74, 6) is 0.452. The van der Waals surface area contributed by atoms with Crippen molar-refractivity contribution in [3.8, 4) is 5.75 Å². The van der Waals surface area contributed by atoms with Crippen molar-refractivity contribution in [1.29, 1.82) is 0 Å². The maximum Gasteiger partial charge on any atom is 0.130 e. The molecule has 0 bridgehead atoms.